The number of nitrogens with zero attached hydrogens (tertiary/aromatic N) is 5. The number of hydrogen-bond acceptors (Lipinski definition) is 8. The molecule has 10 heteroatoms. The Morgan fingerprint density at radius 2 is 1.66 bits per heavy atom. The maximum absolute atomic E-state index is 12.3. The van der Waals surface area contributed by atoms with Crippen LogP contribution in [-0.4, -0.2) is 43.0 Å². The second kappa shape index (κ2) is 9.34. The zero-order valence-corrected chi connectivity index (χ0v) is 19.8. The highest BCUT2D eigenvalue weighted by atomic mass is 16.6. The summed E-state index contributed by atoms with van der Waals surface area (Å²) in [5, 5.41) is 16.8. The third-order valence-electron chi connectivity index (χ3n) is 3.82. The Bertz CT molecular complexity index is 1020. The average Bonchev–Trinajstić information content (AvgIpc) is 2.97. The highest BCUT2D eigenvalue weighted by Crippen LogP contribution is 2.29. The zero-order valence-electron chi connectivity index (χ0n) is 19.8. The molecule has 0 aromatic carbocycles. The van der Waals surface area contributed by atoms with E-state index in [4.69, 9.17) is 9.47 Å². The molecule has 0 bridgehead atoms. The van der Waals surface area contributed by atoms with E-state index < -0.39 is 17.3 Å². The van der Waals surface area contributed by atoms with Crippen LogP contribution in [0, 0.1) is 11.3 Å². The fraction of sp³-hybridized carbons (Fsp3) is 0.545. The maximum atomic E-state index is 12.3. The number of esters is 1. The van der Waals surface area contributed by atoms with Gasteiger partial charge in [0.15, 0.2) is 11.6 Å². The number of amides is 1. The summed E-state index contributed by atoms with van der Waals surface area (Å²) in [6.07, 6.45) is 2.30. The van der Waals surface area contributed by atoms with Crippen molar-refractivity contribution >= 4 is 17.9 Å². The standard InChI is InChI=1S/C22H30N6O4/c1-13(2)28-19(26-20(30)32-22(6,7)8)15(10-23)17(27-28)18-24-11-14(12-25-18)9-16(29)31-21(3,4)5/h11-13H,9H2,1-8H3,(H,26,30). The van der Waals surface area contributed by atoms with Gasteiger partial charge in [-0.3, -0.25) is 10.1 Å². The minimum Gasteiger partial charge on any atom is -0.460 e. The van der Waals surface area contributed by atoms with Gasteiger partial charge in [-0.2, -0.15) is 10.4 Å². The molecule has 0 saturated heterocycles. The molecule has 2 aromatic rings. The molecule has 32 heavy (non-hydrogen) atoms. The third kappa shape index (κ3) is 6.77. The van der Waals surface area contributed by atoms with E-state index in [0.29, 0.717) is 5.56 Å². The quantitative estimate of drug-likeness (QED) is 0.687. The van der Waals surface area contributed by atoms with E-state index in [2.05, 4.69) is 26.5 Å². The third-order valence-corrected chi connectivity index (χ3v) is 3.82. The first-order valence-electron chi connectivity index (χ1n) is 10.3. The van der Waals surface area contributed by atoms with Crippen LogP contribution in [0.5, 0.6) is 0 Å². The van der Waals surface area contributed by atoms with Crippen molar-refractivity contribution in [2.45, 2.75) is 79.1 Å². The highest BCUT2D eigenvalue weighted by Gasteiger charge is 2.26. The van der Waals surface area contributed by atoms with Crippen molar-refractivity contribution in [1.29, 1.82) is 5.26 Å². The molecule has 0 aliphatic rings. The van der Waals surface area contributed by atoms with E-state index in [1.807, 2.05) is 13.8 Å². The molecule has 172 valence electrons. The first-order valence-corrected chi connectivity index (χ1v) is 10.3. The van der Waals surface area contributed by atoms with Gasteiger partial charge < -0.3 is 9.47 Å². The highest BCUT2D eigenvalue weighted by molar-refractivity contribution is 5.87. The lowest BCUT2D eigenvalue weighted by Crippen LogP contribution is -2.28. The number of aromatic nitrogens is 4. The lowest BCUT2D eigenvalue weighted by atomic mass is 10.2. The maximum Gasteiger partial charge on any atom is 0.413 e. The Kier molecular flexibility index (Phi) is 7.24. The number of nitriles is 1. The van der Waals surface area contributed by atoms with Gasteiger partial charge in [-0.05, 0) is 61.0 Å². The van der Waals surface area contributed by atoms with Gasteiger partial charge in [-0.15, -0.1) is 0 Å². The monoisotopic (exact) mass is 442 g/mol. The van der Waals surface area contributed by atoms with Gasteiger partial charge in [0.2, 0.25) is 0 Å². The minimum atomic E-state index is -0.699. The first-order chi connectivity index (χ1) is 14.7. The Morgan fingerprint density at radius 3 is 2.12 bits per heavy atom. The Hall–Kier alpha value is -3.48. The topological polar surface area (TPSA) is 132 Å². The molecular formula is C22H30N6O4. The minimum absolute atomic E-state index is 0.0224. The van der Waals surface area contributed by atoms with Crippen molar-refractivity contribution in [2.75, 3.05) is 5.32 Å². The number of nitrogens with one attached hydrogen (secondary N) is 1. The van der Waals surface area contributed by atoms with Crippen LogP contribution in [0.25, 0.3) is 11.5 Å². The molecule has 0 saturated carbocycles. The van der Waals surface area contributed by atoms with Crippen molar-refractivity contribution in [1.82, 2.24) is 19.7 Å². The molecule has 2 aromatic heterocycles. The van der Waals surface area contributed by atoms with Crippen LogP contribution >= 0.6 is 0 Å². The number of hydrogen-bond donors (Lipinski definition) is 1. The molecule has 0 aliphatic heterocycles. The van der Waals surface area contributed by atoms with Crippen LogP contribution in [-0.2, 0) is 20.7 Å². The van der Waals surface area contributed by atoms with Crippen molar-refractivity contribution < 1.29 is 19.1 Å². The lowest BCUT2D eigenvalue weighted by Gasteiger charge is -2.20. The van der Waals surface area contributed by atoms with Gasteiger partial charge >= 0.3 is 12.1 Å². The summed E-state index contributed by atoms with van der Waals surface area (Å²) >= 11 is 0. The molecule has 0 fully saturated rings. The summed E-state index contributed by atoms with van der Waals surface area (Å²) in [4.78, 5) is 32.9. The lowest BCUT2D eigenvalue weighted by molar-refractivity contribution is -0.153. The number of anilines is 1. The van der Waals surface area contributed by atoms with Gasteiger partial charge in [-0.25, -0.2) is 19.4 Å². The van der Waals surface area contributed by atoms with Crippen molar-refractivity contribution in [3.05, 3.63) is 23.5 Å². The van der Waals surface area contributed by atoms with Gasteiger partial charge in [-0.1, -0.05) is 0 Å². The summed E-state index contributed by atoms with van der Waals surface area (Å²) < 4.78 is 12.1. The fourth-order valence-corrected chi connectivity index (χ4v) is 2.70. The predicted molar refractivity (Wildman–Crippen MR) is 118 cm³/mol. The average molecular weight is 443 g/mol. The van der Waals surface area contributed by atoms with Crippen molar-refractivity contribution in [3.8, 4) is 17.6 Å². The molecule has 0 radical (unpaired) electrons. The Labute approximate surface area is 188 Å². The predicted octanol–water partition coefficient (Wildman–Crippen LogP) is 4.02. The summed E-state index contributed by atoms with van der Waals surface area (Å²) in [7, 11) is 0. The molecule has 0 aliphatic carbocycles. The van der Waals surface area contributed by atoms with E-state index >= 15 is 0 Å². The van der Waals surface area contributed by atoms with Crippen LogP contribution < -0.4 is 5.32 Å². The second-order valence-corrected chi connectivity index (χ2v) is 9.53. The number of rotatable bonds is 5. The molecule has 2 heterocycles. The van der Waals surface area contributed by atoms with E-state index in [0.717, 1.165) is 0 Å². The fourth-order valence-electron chi connectivity index (χ4n) is 2.70. The van der Waals surface area contributed by atoms with E-state index in [1.54, 1.807) is 41.5 Å². The molecule has 0 spiro atoms. The Morgan fingerprint density at radius 1 is 1.09 bits per heavy atom. The molecular weight excluding hydrogens is 412 g/mol. The number of carbonyl (C=O) groups is 2. The van der Waals surface area contributed by atoms with Crippen molar-refractivity contribution in [2.24, 2.45) is 0 Å². The summed E-state index contributed by atoms with van der Waals surface area (Å²) in [6.45, 7) is 14.3. The van der Waals surface area contributed by atoms with Crippen LogP contribution in [0.4, 0.5) is 10.6 Å². The molecule has 0 atom stereocenters. The van der Waals surface area contributed by atoms with E-state index in [1.165, 1.54) is 17.1 Å². The zero-order chi connectivity index (χ0) is 24.3. The second-order valence-electron chi connectivity index (χ2n) is 9.53. The largest absolute Gasteiger partial charge is 0.460 e. The van der Waals surface area contributed by atoms with Crippen LogP contribution in [0.1, 0.15) is 72.6 Å². The summed E-state index contributed by atoms with van der Waals surface area (Å²) in [5.41, 5.74) is -0.381. The summed E-state index contributed by atoms with van der Waals surface area (Å²) in [6, 6.07) is 1.91. The molecule has 10 nitrogen and oxygen atoms in total. The summed E-state index contributed by atoms with van der Waals surface area (Å²) in [5.74, 6) is 0.00815. The Balaban J connectivity index is 2.34. The molecule has 0 unspecified atom stereocenters. The molecule has 1 N–H and O–H groups in total. The van der Waals surface area contributed by atoms with Crippen LogP contribution in [0.2, 0.25) is 0 Å². The van der Waals surface area contributed by atoms with Gasteiger partial charge in [0.1, 0.15) is 28.5 Å². The SMILES string of the molecule is CC(C)n1nc(-c2ncc(CC(=O)OC(C)(C)C)cn2)c(C#N)c1NC(=O)OC(C)(C)C. The smallest absolute Gasteiger partial charge is 0.413 e. The van der Waals surface area contributed by atoms with Crippen LogP contribution in [0.15, 0.2) is 12.4 Å². The van der Waals surface area contributed by atoms with Gasteiger partial charge in [0, 0.05) is 18.4 Å². The van der Waals surface area contributed by atoms with Crippen molar-refractivity contribution in [3.63, 3.8) is 0 Å². The first kappa shape index (κ1) is 24.8. The normalized spacial score (nSPS) is 11.8. The van der Waals surface area contributed by atoms with Gasteiger partial charge in [0.25, 0.3) is 0 Å². The molecule has 2 rings (SSSR count). The van der Waals surface area contributed by atoms with E-state index in [-0.39, 0.29) is 41.3 Å². The number of ether oxygens (including phenoxy) is 2. The van der Waals surface area contributed by atoms with E-state index in [9.17, 15) is 14.9 Å². The van der Waals surface area contributed by atoms with Gasteiger partial charge in [0.05, 0.1) is 6.42 Å². The molecule has 1 amide bonds. The van der Waals surface area contributed by atoms with Crippen LogP contribution in [0.3, 0.4) is 0 Å². The number of carbonyl (C=O) groups excluding carboxylic acids is 2.